The average molecular weight is 743 g/mol. The number of nitrogens with zero attached hydrogens (tertiary/aromatic N) is 2. The average Bonchev–Trinajstić information content (AvgIpc) is 3.84. The van der Waals surface area contributed by atoms with Crippen LogP contribution in [0.5, 0.6) is 0 Å². The molecule has 0 aliphatic rings. The zero-order chi connectivity index (χ0) is 37.5. The van der Waals surface area contributed by atoms with Gasteiger partial charge < -0.3 is 9.47 Å². The first-order valence-corrected chi connectivity index (χ1v) is 20.3. The van der Waals surface area contributed by atoms with E-state index in [1.54, 1.807) is 0 Å². The SMILES string of the molecule is c1ccc(-c2ccc(-n3c4ccc(N(c5ccc6ccccc6c5)c5ccc6ccccc6c5)cc4c4c5ccccc5c5c6ccccc6sc5c43)cc2)cc1. The van der Waals surface area contributed by atoms with Crippen LogP contribution in [0.2, 0.25) is 0 Å². The van der Waals surface area contributed by atoms with Crippen molar-refractivity contribution >= 4 is 103 Å². The van der Waals surface area contributed by atoms with Gasteiger partial charge in [0, 0.05) is 49.0 Å². The lowest BCUT2D eigenvalue weighted by Gasteiger charge is -2.26. The van der Waals surface area contributed by atoms with Crippen LogP contribution in [-0.2, 0) is 0 Å². The third kappa shape index (κ3) is 5.03. The number of thiophene rings is 1. The van der Waals surface area contributed by atoms with E-state index in [1.807, 2.05) is 11.3 Å². The zero-order valence-corrected chi connectivity index (χ0v) is 31.7. The van der Waals surface area contributed by atoms with Gasteiger partial charge in [-0.15, -0.1) is 11.3 Å². The van der Waals surface area contributed by atoms with E-state index in [0.717, 1.165) is 22.7 Å². The van der Waals surface area contributed by atoms with Crippen molar-refractivity contribution in [3.05, 3.63) is 206 Å². The lowest BCUT2D eigenvalue weighted by Crippen LogP contribution is -2.10. The van der Waals surface area contributed by atoms with Crippen LogP contribution >= 0.6 is 11.3 Å². The zero-order valence-electron chi connectivity index (χ0n) is 30.9. The van der Waals surface area contributed by atoms with E-state index in [4.69, 9.17) is 0 Å². The molecule has 0 radical (unpaired) electrons. The number of benzene rings is 10. The van der Waals surface area contributed by atoms with Gasteiger partial charge in [-0.25, -0.2) is 0 Å². The first-order valence-electron chi connectivity index (χ1n) is 19.5. The molecule has 2 heterocycles. The van der Waals surface area contributed by atoms with E-state index in [-0.39, 0.29) is 0 Å². The number of anilines is 3. The number of rotatable bonds is 5. The second kappa shape index (κ2) is 12.7. The Morgan fingerprint density at radius 2 is 0.895 bits per heavy atom. The van der Waals surface area contributed by atoms with Crippen molar-refractivity contribution in [3.63, 3.8) is 0 Å². The topological polar surface area (TPSA) is 8.17 Å². The molecule has 12 aromatic rings. The maximum atomic E-state index is 2.52. The molecule has 0 fully saturated rings. The Hall–Kier alpha value is -7.20. The van der Waals surface area contributed by atoms with Crippen molar-refractivity contribution in [2.45, 2.75) is 0 Å². The van der Waals surface area contributed by atoms with Crippen LogP contribution < -0.4 is 4.90 Å². The number of hydrogen-bond donors (Lipinski definition) is 0. The van der Waals surface area contributed by atoms with E-state index in [0.29, 0.717) is 0 Å². The molecule has 10 aromatic carbocycles. The Balaban J connectivity index is 1.18. The summed E-state index contributed by atoms with van der Waals surface area (Å²) in [6.45, 7) is 0. The molecule has 0 N–H and O–H groups in total. The quantitative estimate of drug-likeness (QED) is 0.170. The first kappa shape index (κ1) is 32.1. The van der Waals surface area contributed by atoms with Crippen molar-refractivity contribution in [1.82, 2.24) is 4.57 Å². The molecule has 2 aromatic heterocycles. The van der Waals surface area contributed by atoms with E-state index in [9.17, 15) is 0 Å². The molecule has 266 valence electrons. The fourth-order valence-electron chi connectivity index (χ4n) is 9.09. The first-order chi connectivity index (χ1) is 28.3. The molecule has 2 nitrogen and oxygen atoms in total. The second-order valence-electron chi connectivity index (χ2n) is 14.9. The Bertz CT molecular complexity index is 3440. The molecular formula is C54H34N2S. The highest BCUT2D eigenvalue weighted by atomic mass is 32.1. The molecule has 3 heteroatoms. The summed E-state index contributed by atoms with van der Waals surface area (Å²) in [5.74, 6) is 0. The Kier molecular flexibility index (Phi) is 7.13. The smallest absolute Gasteiger partial charge is 0.0726 e. The van der Waals surface area contributed by atoms with Gasteiger partial charge in [0.1, 0.15) is 0 Å². The van der Waals surface area contributed by atoms with Crippen molar-refractivity contribution in [2.24, 2.45) is 0 Å². The fraction of sp³-hybridized carbons (Fsp3) is 0. The molecule has 57 heavy (non-hydrogen) atoms. The minimum absolute atomic E-state index is 1.12. The van der Waals surface area contributed by atoms with E-state index in [1.165, 1.54) is 85.4 Å². The van der Waals surface area contributed by atoms with Gasteiger partial charge in [0.05, 0.1) is 15.7 Å². The summed E-state index contributed by atoms with van der Waals surface area (Å²) >= 11 is 1.91. The number of hydrogen-bond acceptors (Lipinski definition) is 2. The minimum atomic E-state index is 1.12. The van der Waals surface area contributed by atoms with E-state index < -0.39 is 0 Å². The van der Waals surface area contributed by atoms with Crippen LogP contribution in [0.25, 0.3) is 91.1 Å². The van der Waals surface area contributed by atoms with Crippen LogP contribution in [0, 0.1) is 0 Å². The molecule has 0 spiro atoms. The largest absolute Gasteiger partial charge is 0.310 e. The van der Waals surface area contributed by atoms with Crippen molar-refractivity contribution in [1.29, 1.82) is 0 Å². The summed E-state index contributed by atoms with van der Waals surface area (Å²) in [6, 6.07) is 75.7. The molecule has 0 saturated carbocycles. The van der Waals surface area contributed by atoms with Gasteiger partial charge in [0.25, 0.3) is 0 Å². The van der Waals surface area contributed by atoms with E-state index in [2.05, 4.69) is 216 Å². The lowest BCUT2D eigenvalue weighted by molar-refractivity contribution is 1.19. The van der Waals surface area contributed by atoms with Crippen LogP contribution in [-0.4, -0.2) is 4.57 Å². The van der Waals surface area contributed by atoms with Crippen molar-refractivity contribution in [3.8, 4) is 16.8 Å². The predicted molar refractivity (Wildman–Crippen MR) is 246 cm³/mol. The molecular weight excluding hydrogens is 709 g/mol. The van der Waals surface area contributed by atoms with Crippen LogP contribution in [0.15, 0.2) is 206 Å². The van der Waals surface area contributed by atoms with Gasteiger partial charge >= 0.3 is 0 Å². The molecule has 0 atom stereocenters. The summed E-state index contributed by atoms with van der Waals surface area (Å²) in [6.07, 6.45) is 0. The fourth-order valence-corrected chi connectivity index (χ4v) is 10.3. The van der Waals surface area contributed by atoms with Crippen molar-refractivity contribution in [2.75, 3.05) is 4.90 Å². The minimum Gasteiger partial charge on any atom is -0.310 e. The third-order valence-electron chi connectivity index (χ3n) is 11.7. The van der Waals surface area contributed by atoms with Crippen LogP contribution in [0.4, 0.5) is 17.1 Å². The maximum Gasteiger partial charge on any atom is 0.0726 e. The van der Waals surface area contributed by atoms with Gasteiger partial charge in [-0.2, -0.15) is 0 Å². The van der Waals surface area contributed by atoms with Gasteiger partial charge in [-0.3, -0.25) is 0 Å². The highest BCUT2D eigenvalue weighted by Gasteiger charge is 2.23. The maximum absolute atomic E-state index is 2.52. The predicted octanol–water partition coefficient (Wildman–Crippen LogP) is 15.7. The number of aromatic nitrogens is 1. The highest BCUT2D eigenvalue weighted by Crippen LogP contribution is 2.49. The molecule has 0 aliphatic carbocycles. The highest BCUT2D eigenvalue weighted by molar-refractivity contribution is 7.27. The molecule has 0 aliphatic heterocycles. The van der Waals surface area contributed by atoms with Gasteiger partial charge in [0.2, 0.25) is 0 Å². The Labute approximate surface area is 333 Å². The van der Waals surface area contributed by atoms with Gasteiger partial charge in [-0.1, -0.05) is 146 Å². The summed E-state index contributed by atoms with van der Waals surface area (Å²) < 4.78 is 5.14. The van der Waals surface area contributed by atoms with Gasteiger partial charge in [-0.05, 0) is 104 Å². The standard InChI is InChI=1S/C54H34N2S/c1-2-12-35(13-3-1)38-22-26-41(27-23-38)56-49-31-30-44(34-48(49)51-45-18-8-9-19-46(45)52-47-20-10-11-21-50(47)57-54(52)53(51)56)55(42-28-24-36-14-4-6-16-39(36)32-42)43-29-25-37-15-5-7-17-40(37)33-43/h1-34H. The third-order valence-corrected chi connectivity index (χ3v) is 12.9. The normalized spacial score (nSPS) is 11.9. The van der Waals surface area contributed by atoms with Crippen LogP contribution in [0.3, 0.4) is 0 Å². The monoisotopic (exact) mass is 742 g/mol. The lowest BCUT2D eigenvalue weighted by atomic mass is 9.98. The number of fused-ring (bicyclic) bond motifs is 12. The second-order valence-corrected chi connectivity index (χ2v) is 16.0. The van der Waals surface area contributed by atoms with Gasteiger partial charge in [0.15, 0.2) is 0 Å². The van der Waals surface area contributed by atoms with Crippen LogP contribution in [0.1, 0.15) is 0 Å². The molecule has 0 amide bonds. The van der Waals surface area contributed by atoms with E-state index >= 15 is 0 Å². The Morgan fingerprint density at radius 3 is 1.58 bits per heavy atom. The molecule has 0 bridgehead atoms. The molecule has 0 unspecified atom stereocenters. The summed E-state index contributed by atoms with van der Waals surface area (Å²) in [5.41, 5.74) is 9.39. The molecule has 12 rings (SSSR count). The van der Waals surface area contributed by atoms with Crippen molar-refractivity contribution < 1.29 is 0 Å². The summed E-state index contributed by atoms with van der Waals surface area (Å²) in [4.78, 5) is 2.43. The summed E-state index contributed by atoms with van der Waals surface area (Å²) in [7, 11) is 0. The summed E-state index contributed by atoms with van der Waals surface area (Å²) in [5, 5.41) is 12.6. The Morgan fingerprint density at radius 1 is 0.368 bits per heavy atom. The molecule has 0 saturated heterocycles.